The third kappa shape index (κ3) is 19.9. The van der Waals surface area contributed by atoms with Gasteiger partial charge in [-0.05, 0) is 30.9 Å². The zero-order valence-corrected chi connectivity index (χ0v) is 36.2. The molecule has 0 aliphatic carbocycles. The van der Waals surface area contributed by atoms with Crippen LogP contribution in [0.15, 0.2) is 54.6 Å². The smallest absolute Gasteiger partial charge is 0.220 e. The molecule has 0 aromatic heterocycles. The first-order chi connectivity index (χ1) is 29.2. The fourth-order valence-corrected chi connectivity index (χ4v) is 7.66. The molecule has 12 nitrogen and oxygen atoms in total. The summed E-state index contributed by atoms with van der Waals surface area (Å²) in [5, 5.41) is 65.2. The van der Waals surface area contributed by atoms with E-state index in [0.29, 0.717) is 37.2 Å². The van der Waals surface area contributed by atoms with Crippen LogP contribution in [0, 0.1) is 0 Å². The molecular formula is C48H77NO11. The molecule has 0 spiro atoms. The number of aliphatic hydroxyl groups is 6. The third-order valence-corrected chi connectivity index (χ3v) is 11.5. The van der Waals surface area contributed by atoms with E-state index in [-0.39, 0.29) is 24.7 Å². The first-order valence-corrected chi connectivity index (χ1v) is 23.0. The number of carbonyl (C=O) groups is 2. The van der Waals surface area contributed by atoms with Gasteiger partial charge in [0.2, 0.25) is 5.91 Å². The van der Waals surface area contributed by atoms with Crippen LogP contribution in [0.1, 0.15) is 163 Å². The summed E-state index contributed by atoms with van der Waals surface area (Å²) in [4.78, 5) is 25.8. The fraction of sp³-hybridized carbons (Fsp3) is 0.708. The molecule has 1 aliphatic heterocycles. The molecule has 0 radical (unpaired) electrons. The second-order valence-electron chi connectivity index (χ2n) is 16.6. The van der Waals surface area contributed by atoms with Gasteiger partial charge in [0.05, 0.1) is 32.0 Å². The van der Waals surface area contributed by atoms with Crippen molar-refractivity contribution in [1.29, 1.82) is 0 Å². The number of ketones is 1. The summed E-state index contributed by atoms with van der Waals surface area (Å²) in [5.41, 5.74) is 2.28. The monoisotopic (exact) mass is 844 g/mol. The van der Waals surface area contributed by atoms with Gasteiger partial charge in [-0.15, -0.1) is 0 Å². The van der Waals surface area contributed by atoms with Crippen molar-refractivity contribution in [2.45, 2.75) is 197 Å². The summed E-state index contributed by atoms with van der Waals surface area (Å²) < 4.78 is 17.0. The third-order valence-electron chi connectivity index (χ3n) is 11.5. The van der Waals surface area contributed by atoms with E-state index >= 15 is 0 Å². The second-order valence-corrected chi connectivity index (χ2v) is 16.6. The average Bonchev–Trinajstić information content (AvgIpc) is 3.26. The van der Waals surface area contributed by atoms with Gasteiger partial charge in [0.1, 0.15) is 30.5 Å². The average molecular weight is 844 g/mol. The number of amides is 1. The normalized spacial score (nSPS) is 20.8. The number of hydrogen-bond acceptors (Lipinski definition) is 11. The van der Waals surface area contributed by atoms with Gasteiger partial charge in [-0.1, -0.05) is 165 Å². The minimum Gasteiger partial charge on any atom is -0.394 e. The van der Waals surface area contributed by atoms with Gasteiger partial charge >= 0.3 is 0 Å². The van der Waals surface area contributed by atoms with Gasteiger partial charge in [0.15, 0.2) is 12.1 Å². The Hall–Kier alpha value is -2.78. The van der Waals surface area contributed by atoms with E-state index in [0.717, 1.165) is 69.8 Å². The summed E-state index contributed by atoms with van der Waals surface area (Å²) in [6.07, 6.45) is 11.4. The van der Waals surface area contributed by atoms with Crippen LogP contribution in [0.5, 0.6) is 0 Å². The number of nitrogens with one attached hydrogen (secondary N) is 1. The summed E-state index contributed by atoms with van der Waals surface area (Å²) in [6.45, 7) is 2.37. The lowest BCUT2D eigenvalue weighted by Crippen LogP contribution is -2.60. The minimum atomic E-state index is -1.63. The highest BCUT2D eigenvalue weighted by Gasteiger charge is 2.44. The molecular weight excluding hydrogens is 767 g/mol. The molecule has 60 heavy (non-hydrogen) atoms. The summed E-state index contributed by atoms with van der Waals surface area (Å²) in [5.74, 6) is -0.308. The van der Waals surface area contributed by atoms with E-state index in [1.807, 2.05) is 54.6 Å². The Morgan fingerprint density at radius 2 is 1.28 bits per heavy atom. The summed E-state index contributed by atoms with van der Waals surface area (Å²) in [6, 6.07) is 15.8. The number of rotatable bonds is 34. The van der Waals surface area contributed by atoms with Gasteiger partial charge < -0.3 is 50.2 Å². The van der Waals surface area contributed by atoms with Crippen molar-refractivity contribution in [2.75, 3.05) is 19.8 Å². The first kappa shape index (κ1) is 51.6. The minimum absolute atomic E-state index is 0.00366. The maximum absolute atomic E-state index is 13.0. The van der Waals surface area contributed by atoms with Crippen LogP contribution in [0.4, 0.5) is 0 Å². The molecule has 2 aromatic carbocycles. The SMILES string of the molecule is CCCCCCCCCCCCCC[C@@H](O)[C@@H](O)[C@H](CO[C@H]1O[C@H](CO)[C@H](O)[C@H](O)[C@H]1O)NC(=O)CCCCCCCCCOCc1cccc(C(=O)c2ccccc2)c1. The highest BCUT2D eigenvalue weighted by molar-refractivity contribution is 6.09. The lowest BCUT2D eigenvalue weighted by molar-refractivity contribution is -0.303. The molecule has 8 atom stereocenters. The van der Waals surface area contributed by atoms with Crippen LogP contribution in [0.2, 0.25) is 0 Å². The van der Waals surface area contributed by atoms with Crippen molar-refractivity contribution in [1.82, 2.24) is 5.32 Å². The number of carbonyl (C=O) groups excluding carboxylic acids is 2. The van der Waals surface area contributed by atoms with Crippen LogP contribution in [0.25, 0.3) is 0 Å². The van der Waals surface area contributed by atoms with E-state index < -0.39 is 55.6 Å². The molecule has 3 rings (SSSR count). The molecule has 0 unspecified atom stereocenters. The Morgan fingerprint density at radius 1 is 0.700 bits per heavy atom. The van der Waals surface area contributed by atoms with E-state index in [1.54, 1.807) is 0 Å². The van der Waals surface area contributed by atoms with Crippen molar-refractivity contribution < 1.29 is 54.4 Å². The Bertz CT molecular complexity index is 1410. The molecule has 0 saturated carbocycles. The standard InChI is InChI=1S/C48H77NO11/c1-2-3-4-5-6-7-8-9-10-12-15-21-29-40(51)44(54)39(35-59-48-47(57)46(56)45(55)41(33-50)60-48)49-42(52)30-22-16-13-11-14-17-23-31-58-34-36-25-24-28-38(32-36)43(53)37-26-19-18-20-27-37/h18-20,24-28,32,39-41,44-48,50-51,54-57H,2-17,21-23,29-31,33-35H2,1H3,(H,49,52)/t39-,40+,41+,44-,45-,46-,47+,48-/m0/s1. The molecule has 340 valence electrons. The van der Waals surface area contributed by atoms with Crippen LogP contribution < -0.4 is 5.32 Å². The lowest BCUT2D eigenvalue weighted by Gasteiger charge is -2.40. The number of ether oxygens (including phenoxy) is 3. The molecule has 7 N–H and O–H groups in total. The first-order valence-electron chi connectivity index (χ1n) is 23.0. The maximum Gasteiger partial charge on any atom is 0.220 e. The number of benzene rings is 2. The highest BCUT2D eigenvalue weighted by Crippen LogP contribution is 2.23. The molecule has 1 fully saturated rings. The van der Waals surface area contributed by atoms with Crippen LogP contribution in [-0.4, -0.2) is 111 Å². The Kier molecular flexibility index (Phi) is 26.7. The zero-order valence-electron chi connectivity index (χ0n) is 36.2. The molecule has 1 saturated heterocycles. The van der Waals surface area contributed by atoms with Crippen LogP contribution in [0.3, 0.4) is 0 Å². The Labute approximate surface area is 359 Å². The van der Waals surface area contributed by atoms with Gasteiger partial charge in [0.25, 0.3) is 0 Å². The van der Waals surface area contributed by atoms with Gasteiger partial charge in [-0.25, -0.2) is 0 Å². The molecule has 2 aromatic rings. The second kappa shape index (κ2) is 31.1. The highest BCUT2D eigenvalue weighted by atomic mass is 16.7. The van der Waals surface area contributed by atoms with E-state index in [9.17, 15) is 40.2 Å². The van der Waals surface area contributed by atoms with E-state index in [4.69, 9.17) is 14.2 Å². The molecule has 12 heteroatoms. The quantitative estimate of drug-likeness (QED) is 0.0294. The van der Waals surface area contributed by atoms with E-state index in [2.05, 4.69) is 12.2 Å². The van der Waals surface area contributed by atoms with Crippen molar-refractivity contribution in [2.24, 2.45) is 0 Å². The van der Waals surface area contributed by atoms with Crippen LogP contribution >= 0.6 is 0 Å². The molecule has 0 bridgehead atoms. The van der Waals surface area contributed by atoms with Gasteiger partial charge in [0, 0.05) is 24.2 Å². The predicted molar refractivity (Wildman–Crippen MR) is 232 cm³/mol. The largest absolute Gasteiger partial charge is 0.394 e. The zero-order chi connectivity index (χ0) is 43.4. The maximum atomic E-state index is 13.0. The Balaban J connectivity index is 1.32. The number of hydrogen-bond donors (Lipinski definition) is 7. The fourth-order valence-electron chi connectivity index (χ4n) is 7.66. The van der Waals surface area contributed by atoms with Crippen molar-refractivity contribution in [3.8, 4) is 0 Å². The molecule has 1 amide bonds. The Morgan fingerprint density at radius 3 is 1.92 bits per heavy atom. The molecule has 1 heterocycles. The van der Waals surface area contributed by atoms with Crippen molar-refractivity contribution >= 4 is 11.7 Å². The summed E-state index contributed by atoms with van der Waals surface area (Å²) >= 11 is 0. The van der Waals surface area contributed by atoms with Crippen molar-refractivity contribution in [3.63, 3.8) is 0 Å². The topological polar surface area (TPSA) is 195 Å². The number of unbranched alkanes of at least 4 members (excludes halogenated alkanes) is 17. The van der Waals surface area contributed by atoms with Crippen LogP contribution in [-0.2, 0) is 25.6 Å². The van der Waals surface area contributed by atoms with Gasteiger partial charge in [-0.2, -0.15) is 0 Å². The molecule has 1 aliphatic rings. The van der Waals surface area contributed by atoms with Crippen molar-refractivity contribution in [3.05, 3.63) is 71.3 Å². The van der Waals surface area contributed by atoms with E-state index in [1.165, 1.54) is 51.4 Å². The van der Waals surface area contributed by atoms with Gasteiger partial charge in [-0.3, -0.25) is 9.59 Å². The summed E-state index contributed by atoms with van der Waals surface area (Å²) in [7, 11) is 0. The number of aliphatic hydroxyl groups excluding tert-OH is 6. The predicted octanol–water partition coefficient (Wildman–Crippen LogP) is 6.67. The lowest BCUT2D eigenvalue weighted by atomic mass is 9.98.